The Labute approximate surface area is 116 Å². The van der Waals surface area contributed by atoms with Crippen LogP contribution in [0.15, 0.2) is 24.3 Å². The molecular weight excluding hydrogens is 238 g/mol. The zero-order valence-electron chi connectivity index (χ0n) is 11.9. The molecule has 0 saturated heterocycles. The summed E-state index contributed by atoms with van der Waals surface area (Å²) in [5, 5.41) is 4.98. The molecule has 0 amide bonds. The number of thioether (sulfide) groups is 1. The van der Waals surface area contributed by atoms with E-state index in [1.54, 1.807) is 0 Å². The van der Waals surface area contributed by atoms with Crippen molar-refractivity contribution in [1.29, 1.82) is 0 Å². The number of benzene rings is 1. The van der Waals surface area contributed by atoms with Gasteiger partial charge in [0.25, 0.3) is 0 Å². The Bertz CT molecular complexity index is 388. The van der Waals surface area contributed by atoms with E-state index in [-0.39, 0.29) is 0 Å². The van der Waals surface area contributed by atoms with Crippen molar-refractivity contribution in [3.8, 4) is 0 Å². The first-order valence-electron chi connectivity index (χ1n) is 7.04. The molecule has 1 N–H and O–H groups in total. The highest BCUT2D eigenvalue weighted by Crippen LogP contribution is 2.39. The lowest BCUT2D eigenvalue weighted by Crippen LogP contribution is -2.33. The van der Waals surface area contributed by atoms with Crippen LogP contribution in [0, 0.1) is 5.92 Å². The molecule has 0 aromatic heterocycles. The molecule has 0 radical (unpaired) electrons. The molecule has 1 nitrogen and oxygen atoms in total. The first-order chi connectivity index (χ1) is 8.63. The number of hydrogen-bond acceptors (Lipinski definition) is 2. The zero-order valence-corrected chi connectivity index (χ0v) is 12.8. The predicted molar refractivity (Wildman–Crippen MR) is 82.2 cm³/mol. The summed E-state index contributed by atoms with van der Waals surface area (Å²) in [5.74, 6) is 0.754. The third-order valence-electron chi connectivity index (χ3n) is 4.10. The lowest BCUT2D eigenvalue weighted by Gasteiger charge is -2.35. The summed E-state index contributed by atoms with van der Waals surface area (Å²) < 4.78 is 0. The van der Waals surface area contributed by atoms with Crippen molar-refractivity contribution in [2.75, 3.05) is 7.05 Å². The predicted octanol–water partition coefficient (Wildman–Crippen LogP) is 4.04. The van der Waals surface area contributed by atoms with Crippen LogP contribution in [0.1, 0.15) is 44.4 Å². The van der Waals surface area contributed by atoms with Gasteiger partial charge in [-0.1, -0.05) is 45.0 Å². The first-order valence-corrected chi connectivity index (χ1v) is 7.98. The molecule has 2 rings (SSSR count). The number of fused-ring (bicyclic) bond motifs is 1. The van der Waals surface area contributed by atoms with Crippen molar-refractivity contribution < 1.29 is 0 Å². The highest BCUT2D eigenvalue weighted by Gasteiger charge is 2.30. The number of hydrogen-bond donors (Lipinski definition) is 1. The third-order valence-corrected chi connectivity index (χ3v) is 5.93. The van der Waals surface area contributed by atoms with Crippen LogP contribution in [0.4, 0.5) is 0 Å². The van der Waals surface area contributed by atoms with Crippen LogP contribution in [0.3, 0.4) is 0 Å². The van der Waals surface area contributed by atoms with Gasteiger partial charge in [0.05, 0.1) is 0 Å². The Kier molecular flexibility index (Phi) is 4.74. The molecule has 1 aliphatic rings. The van der Waals surface area contributed by atoms with Crippen LogP contribution in [0.2, 0.25) is 0 Å². The third kappa shape index (κ3) is 2.92. The Morgan fingerprint density at radius 3 is 2.61 bits per heavy atom. The van der Waals surface area contributed by atoms with Gasteiger partial charge in [-0.3, -0.25) is 0 Å². The molecule has 0 aliphatic heterocycles. The quantitative estimate of drug-likeness (QED) is 0.880. The van der Waals surface area contributed by atoms with E-state index < -0.39 is 0 Å². The van der Waals surface area contributed by atoms with Crippen LogP contribution < -0.4 is 5.32 Å². The molecule has 3 unspecified atom stereocenters. The van der Waals surface area contributed by atoms with Crippen molar-refractivity contribution >= 4 is 11.8 Å². The highest BCUT2D eigenvalue weighted by molar-refractivity contribution is 8.00. The number of aryl methyl sites for hydroxylation is 1. The van der Waals surface area contributed by atoms with Gasteiger partial charge in [0.1, 0.15) is 0 Å². The van der Waals surface area contributed by atoms with E-state index in [9.17, 15) is 0 Å². The monoisotopic (exact) mass is 263 g/mol. The second kappa shape index (κ2) is 6.12. The van der Waals surface area contributed by atoms with Gasteiger partial charge in [-0.2, -0.15) is 11.8 Å². The van der Waals surface area contributed by atoms with Gasteiger partial charge in [-0.25, -0.2) is 0 Å². The minimum absolute atomic E-state index is 0.515. The molecule has 1 aliphatic carbocycles. The van der Waals surface area contributed by atoms with Crippen molar-refractivity contribution in [2.24, 2.45) is 5.92 Å². The smallest absolute Gasteiger partial charge is 0.0441 e. The maximum absolute atomic E-state index is 3.53. The van der Waals surface area contributed by atoms with E-state index in [1.165, 1.54) is 24.0 Å². The number of rotatable bonds is 4. The van der Waals surface area contributed by atoms with E-state index in [0.29, 0.717) is 11.3 Å². The summed E-state index contributed by atoms with van der Waals surface area (Å²) in [7, 11) is 2.10. The lowest BCUT2D eigenvalue weighted by atomic mass is 9.87. The van der Waals surface area contributed by atoms with Crippen LogP contribution in [-0.2, 0) is 6.42 Å². The van der Waals surface area contributed by atoms with Crippen molar-refractivity contribution in [1.82, 2.24) is 5.32 Å². The van der Waals surface area contributed by atoms with Crippen molar-refractivity contribution in [3.63, 3.8) is 0 Å². The van der Waals surface area contributed by atoms with Gasteiger partial charge in [0, 0.05) is 16.5 Å². The maximum Gasteiger partial charge on any atom is 0.0441 e. The average Bonchev–Trinajstić information content (AvgIpc) is 2.38. The SMILES string of the molecule is CNC1c2ccccc2CCC1SC(C)C(C)C. The zero-order chi connectivity index (χ0) is 13.1. The molecular formula is C16H25NS. The fourth-order valence-electron chi connectivity index (χ4n) is 2.65. The summed E-state index contributed by atoms with van der Waals surface area (Å²) in [6, 6.07) is 9.43. The lowest BCUT2D eigenvalue weighted by molar-refractivity contribution is 0.506. The Hall–Kier alpha value is -0.470. The van der Waals surface area contributed by atoms with Gasteiger partial charge in [-0.05, 0) is 36.9 Å². The molecule has 1 aromatic carbocycles. The van der Waals surface area contributed by atoms with E-state index in [0.717, 1.165) is 11.2 Å². The standard InChI is InChI=1S/C16H25NS/c1-11(2)12(3)18-15-10-9-13-7-5-6-8-14(13)16(15)17-4/h5-8,11-12,15-17H,9-10H2,1-4H3. The molecule has 2 heteroatoms. The average molecular weight is 263 g/mol. The number of nitrogens with one attached hydrogen (secondary N) is 1. The van der Waals surface area contributed by atoms with Crippen LogP contribution in [0.5, 0.6) is 0 Å². The first kappa shape index (κ1) is 14.0. The molecule has 0 bridgehead atoms. The second-order valence-electron chi connectivity index (χ2n) is 5.63. The maximum atomic E-state index is 3.53. The second-order valence-corrected chi connectivity index (χ2v) is 7.25. The fraction of sp³-hybridized carbons (Fsp3) is 0.625. The van der Waals surface area contributed by atoms with Crippen LogP contribution in [0.25, 0.3) is 0 Å². The summed E-state index contributed by atoms with van der Waals surface area (Å²) in [5.41, 5.74) is 3.05. The molecule has 0 heterocycles. The van der Waals surface area contributed by atoms with Gasteiger partial charge >= 0.3 is 0 Å². The van der Waals surface area contributed by atoms with Crippen molar-refractivity contribution in [2.45, 2.75) is 50.2 Å². The summed E-state index contributed by atoms with van der Waals surface area (Å²) in [6.45, 7) is 7.01. The minimum atomic E-state index is 0.515. The highest BCUT2D eigenvalue weighted by atomic mass is 32.2. The molecule has 1 aromatic rings. The molecule has 3 atom stereocenters. The summed E-state index contributed by atoms with van der Waals surface area (Å²) >= 11 is 2.16. The Morgan fingerprint density at radius 2 is 1.94 bits per heavy atom. The summed E-state index contributed by atoms with van der Waals surface area (Å²) in [6.07, 6.45) is 2.53. The van der Waals surface area contributed by atoms with E-state index in [4.69, 9.17) is 0 Å². The molecule has 0 spiro atoms. The largest absolute Gasteiger partial charge is 0.312 e. The van der Waals surface area contributed by atoms with Gasteiger partial charge < -0.3 is 5.32 Å². The van der Waals surface area contributed by atoms with Crippen molar-refractivity contribution in [3.05, 3.63) is 35.4 Å². The summed E-state index contributed by atoms with van der Waals surface area (Å²) in [4.78, 5) is 0. The molecule has 18 heavy (non-hydrogen) atoms. The van der Waals surface area contributed by atoms with E-state index >= 15 is 0 Å². The fourth-order valence-corrected chi connectivity index (χ4v) is 4.21. The molecule has 0 fully saturated rings. The van der Waals surface area contributed by atoms with Crippen LogP contribution >= 0.6 is 11.8 Å². The van der Waals surface area contributed by atoms with Gasteiger partial charge in [0.15, 0.2) is 0 Å². The normalized spacial score (nSPS) is 24.9. The minimum Gasteiger partial charge on any atom is -0.312 e. The Balaban J connectivity index is 2.15. The van der Waals surface area contributed by atoms with E-state index in [2.05, 4.69) is 69.2 Å². The molecule has 0 saturated carbocycles. The van der Waals surface area contributed by atoms with Crippen LogP contribution in [-0.4, -0.2) is 17.5 Å². The van der Waals surface area contributed by atoms with Gasteiger partial charge in [-0.15, -0.1) is 0 Å². The molecule has 100 valence electrons. The Morgan fingerprint density at radius 1 is 1.22 bits per heavy atom. The topological polar surface area (TPSA) is 12.0 Å². The van der Waals surface area contributed by atoms with Gasteiger partial charge in [0.2, 0.25) is 0 Å². The van der Waals surface area contributed by atoms with E-state index in [1.807, 2.05) is 0 Å².